The third-order valence-corrected chi connectivity index (χ3v) is 5.59. The molecule has 0 radical (unpaired) electrons. The molecule has 4 aromatic rings. The first-order chi connectivity index (χ1) is 20.1. The van der Waals surface area contributed by atoms with Crippen LogP contribution in [-0.2, 0) is 9.59 Å². The fraction of sp³-hybridized carbons (Fsp3) is 0.200. The molecule has 0 saturated heterocycles. The van der Waals surface area contributed by atoms with Crippen LogP contribution in [0.1, 0.15) is 42.9 Å². The van der Waals surface area contributed by atoms with E-state index in [0.29, 0.717) is 16.8 Å². The molecule has 0 saturated carbocycles. The average molecular weight is 604 g/mol. The number of furan rings is 1. The van der Waals surface area contributed by atoms with Gasteiger partial charge in [0.25, 0.3) is 5.91 Å². The number of amides is 2. The zero-order chi connectivity index (χ0) is 31.9. The lowest BCUT2D eigenvalue weighted by Crippen LogP contribution is -2.49. The van der Waals surface area contributed by atoms with Gasteiger partial charge in [-0.3, -0.25) is 19.5 Å². The van der Waals surface area contributed by atoms with Gasteiger partial charge in [0, 0.05) is 40.8 Å². The number of hydrogen-bond acceptors (Lipinski definition) is 5. The second-order valence-corrected chi connectivity index (χ2v) is 10.1. The minimum absolute atomic E-state index is 0.0427. The van der Waals surface area contributed by atoms with Gasteiger partial charge in [0.05, 0.1) is 6.26 Å². The van der Waals surface area contributed by atoms with Gasteiger partial charge < -0.3 is 14.8 Å². The van der Waals surface area contributed by atoms with E-state index < -0.39 is 47.2 Å². The molecular weight excluding hydrogens is 577 g/mol. The van der Waals surface area contributed by atoms with Crippen LogP contribution in [0.15, 0.2) is 89.8 Å². The van der Waals surface area contributed by atoms with Gasteiger partial charge in [0.15, 0.2) is 5.76 Å². The quantitative estimate of drug-likeness (QED) is 0.242. The maximum Gasteiger partial charge on any atom is 0.490 e. The maximum atomic E-state index is 14.3. The van der Waals surface area contributed by atoms with E-state index in [-0.39, 0.29) is 11.3 Å². The van der Waals surface area contributed by atoms with Crippen molar-refractivity contribution >= 4 is 23.5 Å². The molecule has 0 aliphatic carbocycles. The molecule has 0 fully saturated rings. The number of pyridine rings is 1. The van der Waals surface area contributed by atoms with Crippen LogP contribution < -0.4 is 10.2 Å². The predicted octanol–water partition coefficient (Wildman–Crippen LogP) is 6.56. The Kier molecular flexibility index (Phi) is 10.0. The first kappa shape index (κ1) is 32.4. The summed E-state index contributed by atoms with van der Waals surface area (Å²) in [4.78, 5) is 41.6. The number of aromatic nitrogens is 1. The second-order valence-electron chi connectivity index (χ2n) is 10.1. The van der Waals surface area contributed by atoms with Crippen molar-refractivity contribution in [1.82, 2.24) is 10.3 Å². The first-order valence-electron chi connectivity index (χ1n) is 12.5. The van der Waals surface area contributed by atoms with E-state index in [1.165, 1.54) is 35.6 Å². The van der Waals surface area contributed by atoms with Crippen LogP contribution >= 0.6 is 0 Å². The molecule has 4 rings (SSSR count). The number of nitrogens with one attached hydrogen (secondary N) is 1. The number of alkyl halides is 3. The maximum absolute atomic E-state index is 14.3. The van der Waals surface area contributed by atoms with E-state index in [0.717, 1.165) is 6.07 Å². The molecule has 2 aromatic carbocycles. The normalized spacial score (nSPS) is 12.0. The Morgan fingerprint density at radius 2 is 1.60 bits per heavy atom. The Morgan fingerprint density at radius 3 is 2.09 bits per heavy atom. The van der Waals surface area contributed by atoms with Crippen LogP contribution in [0.4, 0.5) is 27.6 Å². The SMILES string of the molecule is CC(C)(C)NC(=O)C(c1cccnc1)N(C(=O)c1ccco1)c1ccc(-c2ccc(F)cc2F)cc1.O=C(O)C(F)(F)F. The van der Waals surface area contributed by atoms with Gasteiger partial charge in [-0.25, -0.2) is 13.6 Å². The summed E-state index contributed by atoms with van der Waals surface area (Å²) in [7, 11) is 0. The van der Waals surface area contributed by atoms with E-state index >= 15 is 0 Å². The zero-order valence-corrected chi connectivity index (χ0v) is 23.0. The Balaban J connectivity index is 0.000000646. The second kappa shape index (κ2) is 13.3. The highest BCUT2D eigenvalue weighted by atomic mass is 19.4. The number of rotatable bonds is 6. The molecule has 8 nitrogen and oxygen atoms in total. The largest absolute Gasteiger partial charge is 0.490 e. The molecule has 0 bridgehead atoms. The molecular formula is C30H26F5N3O5. The molecule has 0 aliphatic rings. The lowest BCUT2D eigenvalue weighted by Gasteiger charge is -2.33. The van der Waals surface area contributed by atoms with E-state index in [1.807, 2.05) is 20.8 Å². The summed E-state index contributed by atoms with van der Waals surface area (Å²) in [6.45, 7) is 5.53. The monoisotopic (exact) mass is 603 g/mol. The number of benzene rings is 2. The highest BCUT2D eigenvalue weighted by Crippen LogP contribution is 2.32. The molecule has 13 heteroatoms. The number of hydrogen-bond donors (Lipinski definition) is 2. The summed E-state index contributed by atoms with van der Waals surface area (Å²) >= 11 is 0. The number of carboxylic acid groups (broad SMARTS) is 1. The third-order valence-electron chi connectivity index (χ3n) is 5.59. The number of aliphatic carboxylic acids is 1. The Morgan fingerprint density at radius 1 is 0.953 bits per heavy atom. The number of anilines is 1. The third kappa shape index (κ3) is 8.71. The van der Waals surface area contributed by atoms with Gasteiger partial charge in [0.1, 0.15) is 17.7 Å². The topological polar surface area (TPSA) is 113 Å². The van der Waals surface area contributed by atoms with E-state index in [1.54, 1.807) is 48.7 Å². The van der Waals surface area contributed by atoms with Crippen molar-refractivity contribution in [1.29, 1.82) is 0 Å². The Labute approximate surface area is 242 Å². The molecule has 2 aromatic heterocycles. The zero-order valence-electron chi connectivity index (χ0n) is 23.0. The Bertz CT molecular complexity index is 1550. The molecule has 2 amide bonds. The smallest absolute Gasteiger partial charge is 0.475 e. The van der Waals surface area contributed by atoms with Gasteiger partial charge in [0.2, 0.25) is 5.91 Å². The summed E-state index contributed by atoms with van der Waals surface area (Å²) in [6, 6.07) is 15.2. The fourth-order valence-corrected chi connectivity index (χ4v) is 3.82. The van der Waals surface area contributed by atoms with Gasteiger partial charge in [-0.2, -0.15) is 13.2 Å². The van der Waals surface area contributed by atoms with Crippen molar-refractivity contribution in [3.8, 4) is 11.1 Å². The number of carbonyl (C=O) groups excluding carboxylic acids is 2. The standard InChI is InChI=1S/C28H25F2N3O3.C2HF3O2/c1-28(2,3)32-26(34)25(19-6-4-14-31-17-19)33(27(35)24-7-5-15-36-24)21-11-8-18(9-12-21)22-13-10-20(29)16-23(22)30;3-2(4,5)1(6)7/h4-17,25H,1-3H3,(H,32,34);(H,6,7). The molecule has 226 valence electrons. The summed E-state index contributed by atoms with van der Waals surface area (Å²) in [5.41, 5.74) is 0.995. The van der Waals surface area contributed by atoms with Crippen molar-refractivity contribution in [3.63, 3.8) is 0 Å². The molecule has 2 N–H and O–H groups in total. The van der Waals surface area contributed by atoms with E-state index in [2.05, 4.69) is 10.3 Å². The van der Waals surface area contributed by atoms with Crippen molar-refractivity contribution in [2.75, 3.05) is 4.90 Å². The van der Waals surface area contributed by atoms with Crippen molar-refractivity contribution in [2.24, 2.45) is 0 Å². The molecule has 1 atom stereocenters. The van der Waals surface area contributed by atoms with Crippen molar-refractivity contribution in [3.05, 3.63) is 108 Å². The van der Waals surface area contributed by atoms with Gasteiger partial charge in [-0.15, -0.1) is 0 Å². The summed E-state index contributed by atoms with van der Waals surface area (Å²) in [6.07, 6.45) is -0.606. The van der Waals surface area contributed by atoms with Gasteiger partial charge in [-0.05, 0) is 68.8 Å². The Hall–Kier alpha value is -5.07. The number of halogens is 5. The molecule has 43 heavy (non-hydrogen) atoms. The minimum Gasteiger partial charge on any atom is -0.475 e. The van der Waals surface area contributed by atoms with Crippen LogP contribution in [0.3, 0.4) is 0 Å². The number of carbonyl (C=O) groups is 3. The van der Waals surface area contributed by atoms with Crippen LogP contribution in [0, 0.1) is 11.6 Å². The molecule has 1 unspecified atom stereocenters. The van der Waals surface area contributed by atoms with Crippen LogP contribution in [0.25, 0.3) is 11.1 Å². The molecule has 0 aliphatic heterocycles. The van der Waals surface area contributed by atoms with Gasteiger partial charge in [-0.1, -0.05) is 18.2 Å². The minimum atomic E-state index is -5.08. The van der Waals surface area contributed by atoms with Crippen molar-refractivity contribution < 1.29 is 45.9 Å². The van der Waals surface area contributed by atoms with Crippen LogP contribution in [0.5, 0.6) is 0 Å². The summed E-state index contributed by atoms with van der Waals surface area (Å²) in [5.74, 6) is -5.05. The van der Waals surface area contributed by atoms with Crippen LogP contribution in [-0.4, -0.2) is 39.6 Å². The van der Waals surface area contributed by atoms with Crippen molar-refractivity contribution in [2.45, 2.75) is 38.5 Å². The lowest BCUT2D eigenvalue weighted by molar-refractivity contribution is -0.192. The molecule has 0 spiro atoms. The summed E-state index contributed by atoms with van der Waals surface area (Å²) in [5, 5.41) is 10.1. The fourth-order valence-electron chi connectivity index (χ4n) is 3.82. The average Bonchev–Trinajstić information content (AvgIpc) is 3.46. The summed E-state index contributed by atoms with van der Waals surface area (Å²) < 4.78 is 64.8. The van der Waals surface area contributed by atoms with E-state index in [4.69, 9.17) is 14.3 Å². The molecule has 2 heterocycles. The lowest BCUT2D eigenvalue weighted by atomic mass is 10.0. The van der Waals surface area contributed by atoms with Crippen LogP contribution in [0.2, 0.25) is 0 Å². The highest BCUT2D eigenvalue weighted by molar-refractivity contribution is 6.08. The van der Waals surface area contributed by atoms with Gasteiger partial charge >= 0.3 is 12.1 Å². The number of nitrogens with zero attached hydrogens (tertiary/aromatic N) is 2. The predicted molar refractivity (Wildman–Crippen MR) is 146 cm³/mol. The first-order valence-corrected chi connectivity index (χ1v) is 12.5. The number of carboxylic acids is 1. The van der Waals surface area contributed by atoms with E-state index in [9.17, 15) is 31.5 Å². The highest BCUT2D eigenvalue weighted by Gasteiger charge is 2.38.